The molecule has 0 saturated heterocycles. The summed E-state index contributed by atoms with van der Waals surface area (Å²) in [6.45, 7) is 0. The third-order valence-electron chi connectivity index (χ3n) is 5.51. The lowest BCUT2D eigenvalue weighted by Crippen LogP contribution is -2.28. The first-order valence-corrected chi connectivity index (χ1v) is 12.9. The minimum Gasteiger partial charge on any atom is -0.135 e. The molecule has 3 heteroatoms. The molecular formula is C28H18S2Si. The van der Waals surface area contributed by atoms with Crippen molar-refractivity contribution in [3.8, 4) is 20.9 Å². The summed E-state index contributed by atoms with van der Waals surface area (Å²) in [6, 6.07) is 39.4. The summed E-state index contributed by atoms with van der Waals surface area (Å²) in [7, 11) is 0.603. The van der Waals surface area contributed by atoms with Crippen molar-refractivity contribution in [1.29, 1.82) is 0 Å². The molecule has 0 saturated carbocycles. The molecule has 0 bridgehead atoms. The molecule has 0 unspecified atom stereocenters. The summed E-state index contributed by atoms with van der Waals surface area (Å²) in [5, 5.41) is 5.71. The van der Waals surface area contributed by atoms with E-state index in [9.17, 15) is 0 Å². The average Bonchev–Trinajstić information content (AvgIpc) is 3.40. The smallest absolute Gasteiger partial charge is 0.127 e. The minimum atomic E-state index is 0.603. The lowest BCUT2D eigenvalue weighted by molar-refractivity contribution is 1.71. The summed E-state index contributed by atoms with van der Waals surface area (Å²) in [5.74, 6) is 0. The maximum Gasteiger partial charge on any atom is 0.127 e. The van der Waals surface area contributed by atoms with Crippen molar-refractivity contribution in [2.75, 3.05) is 0 Å². The second-order valence-corrected chi connectivity index (χ2v) is 10.8. The van der Waals surface area contributed by atoms with Gasteiger partial charge in [-0.15, -0.1) is 22.7 Å². The first-order valence-electron chi connectivity index (χ1n) is 10.3. The van der Waals surface area contributed by atoms with E-state index < -0.39 is 0 Å². The highest BCUT2D eigenvalue weighted by atomic mass is 32.1. The van der Waals surface area contributed by atoms with Crippen LogP contribution < -0.4 is 10.4 Å². The highest BCUT2D eigenvalue weighted by Crippen LogP contribution is 2.34. The molecule has 0 aliphatic carbocycles. The van der Waals surface area contributed by atoms with E-state index in [0.29, 0.717) is 9.52 Å². The standard InChI is InChI=1S/C28H18S2Si/c1-3-11-19(12-4-1)25-27(21-15-7-9-17-23(21)29-25)31-28-22-16-8-10-18-24(22)30-26(28)20-13-5-2-6-14-20/h1-18H. The van der Waals surface area contributed by atoms with E-state index in [1.165, 1.54) is 51.4 Å². The third kappa shape index (κ3) is 3.35. The van der Waals surface area contributed by atoms with Crippen molar-refractivity contribution in [2.24, 2.45) is 0 Å². The predicted octanol–water partition coefficient (Wildman–Crippen LogP) is 7.11. The molecule has 0 N–H and O–H groups in total. The molecule has 0 spiro atoms. The van der Waals surface area contributed by atoms with E-state index in [0.717, 1.165) is 0 Å². The first kappa shape index (κ1) is 18.8. The predicted molar refractivity (Wildman–Crippen MR) is 140 cm³/mol. The van der Waals surface area contributed by atoms with Crippen LogP contribution in [-0.2, 0) is 0 Å². The van der Waals surface area contributed by atoms with Crippen LogP contribution in [0.25, 0.3) is 41.1 Å². The van der Waals surface area contributed by atoms with Gasteiger partial charge in [-0.2, -0.15) is 0 Å². The molecule has 4 aromatic carbocycles. The van der Waals surface area contributed by atoms with E-state index in [-0.39, 0.29) is 0 Å². The lowest BCUT2D eigenvalue weighted by atomic mass is 10.1. The van der Waals surface area contributed by atoms with Gasteiger partial charge in [-0.3, -0.25) is 0 Å². The summed E-state index contributed by atoms with van der Waals surface area (Å²) in [4.78, 5) is 2.80. The molecule has 2 radical (unpaired) electrons. The molecule has 0 aliphatic heterocycles. The van der Waals surface area contributed by atoms with Crippen LogP contribution in [-0.4, -0.2) is 9.52 Å². The maximum absolute atomic E-state index is 2.29. The third-order valence-corrected chi connectivity index (χ3v) is 9.85. The molecule has 2 heterocycles. The zero-order chi connectivity index (χ0) is 20.6. The zero-order valence-electron chi connectivity index (χ0n) is 16.7. The van der Waals surface area contributed by atoms with Crippen LogP contribution in [0.15, 0.2) is 109 Å². The number of benzene rings is 4. The van der Waals surface area contributed by atoms with Crippen LogP contribution in [0.1, 0.15) is 0 Å². The minimum absolute atomic E-state index is 0.603. The average molecular weight is 447 g/mol. The number of fused-ring (bicyclic) bond motifs is 2. The molecule has 0 nitrogen and oxygen atoms in total. The van der Waals surface area contributed by atoms with Gasteiger partial charge in [-0.25, -0.2) is 0 Å². The molecule has 0 atom stereocenters. The van der Waals surface area contributed by atoms with Gasteiger partial charge in [-0.1, -0.05) is 97.1 Å². The number of thiophene rings is 2. The van der Waals surface area contributed by atoms with Crippen molar-refractivity contribution in [3.63, 3.8) is 0 Å². The fourth-order valence-corrected chi connectivity index (χ4v) is 8.54. The topological polar surface area (TPSA) is 0 Å². The van der Waals surface area contributed by atoms with Crippen molar-refractivity contribution < 1.29 is 0 Å². The normalized spacial score (nSPS) is 11.4. The Bertz CT molecular complexity index is 1380. The van der Waals surface area contributed by atoms with Gasteiger partial charge in [0.25, 0.3) is 0 Å². The molecule has 0 aliphatic rings. The summed E-state index contributed by atoms with van der Waals surface area (Å²) < 4.78 is 2.73. The Morgan fingerprint density at radius 2 is 0.806 bits per heavy atom. The zero-order valence-corrected chi connectivity index (χ0v) is 19.3. The van der Waals surface area contributed by atoms with Crippen LogP contribution in [0.3, 0.4) is 0 Å². The Balaban J connectivity index is 1.60. The van der Waals surface area contributed by atoms with E-state index in [4.69, 9.17) is 0 Å². The Morgan fingerprint density at radius 3 is 1.26 bits per heavy atom. The van der Waals surface area contributed by atoms with Gasteiger partial charge in [-0.05, 0) is 44.4 Å². The van der Waals surface area contributed by atoms with Crippen LogP contribution in [0, 0.1) is 0 Å². The van der Waals surface area contributed by atoms with Crippen LogP contribution in [0.2, 0.25) is 0 Å². The molecule has 31 heavy (non-hydrogen) atoms. The molecule has 6 rings (SSSR count). The number of rotatable bonds is 4. The lowest BCUT2D eigenvalue weighted by Gasteiger charge is -2.08. The van der Waals surface area contributed by atoms with Crippen molar-refractivity contribution >= 4 is 62.7 Å². The van der Waals surface area contributed by atoms with E-state index in [1.807, 2.05) is 22.7 Å². The molecule has 0 amide bonds. The SMILES string of the molecule is c1ccc(-c2sc3ccccc3c2[Si]c2c(-c3ccccc3)sc3ccccc23)cc1. The number of hydrogen-bond acceptors (Lipinski definition) is 2. The van der Waals surface area contributed by atoms with Crippen molar-refractivity contribution in [1.82, 2.24) is 0 Å². The van der Waals surface area contributed by atoms with Gasteiger partial charge in [0.15, 0.2) is 0 Å². The van der Waals surface area contributed by atoms with Crippen LogP contribution >= 0.6 is 22.7 Å². The van der Waals surface area contributed by atoms with Gasteiger partial charge in [0, 0.05) is 19.2 Å². The highest BCUT2D eigenvalue weighted by Gasteiger charge is 2.20. The van der Waals surface area contributed by atoms with E-state index in [1.54, 1.807) is 0 Å². The molecular weight excluding hydrogens is 429 g/mol. The van der Waals surface area contributed by atoms with E-state index >= 15 is 0 Å². The Morgan fingerprint density at radius 1 is 0.419 bits per heavy atom. The molecule has 6 aromatic rings. The molecule has 0 fully saturated rings. The summed E-state index contributed by atoms with van der Waals surface area (Å²) in [6.07, 6.45) is 0. The molecule has 2 aromatic heterocycles. The van der Waals surface area contributed by atoms with Gasteiger partial charge in [0.2, 0.25) is 0 Å². The van der Waals surface area contributed by atoms with Gasteiger partial charge >= 0.3 is 0 Å². The Hall–Kier alpha value is -2.98. The van der Waals surface area contributed by atoms with Gasteiger partial charge in [0.05, 0.1) is 0 Å². The van der Waals surface area contributed by atoms with E-state index in [2.05, 4.69) is 109 Å². The van der Waals surface area contributed by atoms with Crippen LogP contribution in [0.5, 0.6) is 0 Å². The second-order valence-electron chi connectivity index (χ2n) is 7.46. The molecule has 146 valence electrons. The Labute approximate surface area is 192 Å². The monoisotopic (exact) mass is 446 g/mol. The van der Waals surface area contributed by atoms with Crippen LogP contribution in [0.4, 0.5) is 0 Å². The second kappa shape index (κ2) is 7.93. The van der Waals surface area contributed by atoms with Gasteiger partial charge < -0.3 is 0 Å². The van der Waals surface area contributed by atoms with Gasteiger partial charge in [0.1, 0.15) is 9.52 Å². The fraction of sp³-hybridized carbons (Fsp3) is 0. The quantitative estimate of drug-likeness (QED) is 0.253. The summed E-state index contributed by atoms with van der Waals surface area (Å²) >= 11 is 3.83. The Kier molecular flexibility index (Phi) is 4.80. The van der Waals surface area contributed by atoms with Crippen molar-refractivity contribution in [3.05, 3.63) is 109 Å². The largest absolute Gasteiger partial charge is 0.135 e. The fourth-order valence-electron chi connectivity index (χ4n) is 4.05. The highest BCUT2D eigenvalue weighted by molar-refractivity contribution is 7.26. The number of hydrogen-bond donors (Lipinski definition) is 0. The maximum atomic E-state index is 2.29. The first-order chi connectivity index (χ1) is 15.4. The summed E-state index contributed by atoms with van der Waals surface area (Å²) in [5.41, 5.74) is 2.62. The van der Waals surface area contributed by atoms with Crippen molar-refractivity contribution in [2.45, 2.75) is 0 Å².